The van der Waals surface area contributed by atoms with Gasteiger partial charge in [-0.15, -0.1) is 0 Å². The molecule has 0 radical (unpaired) electrons. The zero-order chi connectivity index (χ0) is 19.6. The minimum absolute atomic E-state index is 0.158. The molecule has 3 N–H and O–H groups in total. The average Bonchev–Trinajstić information content (AvgIpc) is 2.75. The topological polar surface area (TPSA) is 65.5 Å². The Labute approximate surface area is 167 Å². The average molecular weight is 379 g/mol. The summed E-state index contributed by atoms with van der Waals surface area (Å²) in [5, 5.41) is 9.73. The minimum Gasteiger partial charge on any atom is -0.352 e. The fourth-order valence-corrected chi connectivity index (χ4v) is 3.56. The van der Waals surface area contributed by atoms with Gasteiger partial charge >= 0.3 is 0 Å². The monoisotopic (exact) mass is 378 g/mol. The number of aliphatic imine (C=N–C) groups is 1. The van der Waals surface area contributed by atoms with Gasteiger partial charge in [0, 0.05) is 31.7 Å². The number of rotatable bonds is 6. The van der Waals surface area contributed by atoms with Crippen molar-refractivity contribution in [3.05, 3.63) is 65.7 Å². The number of guanidine groups is 1. The zero-order valence-electron chi connectivity index (χ0n) is 16.6. The Bertz CT molecular complexity index is 782. The Morgan fingerprint density at radius 1 is 0.929 bits per heavy atom. The molecule has 2 aromatic carbocycles. The first-order valence-electron chi connectivity index (χ1n) is 10.1. The van der Waals surface area contributed by atoms with Crippen LogP contribution in [-0.4, -0.2) is 18.9 Å². The van der Waals surface area contributed by atoms with Crippen LogP contribution in [0, 0.1) is 5.92 Å². The Morgan fingerprint density at radius 3 is 2.32 bits per heavy atom. The van der Waals surface area contributed by atoms with E-state index in [1.54, 1.807) is 7.05 Å². The second-order valence-electron chi connectivity index (χ2n) is 7.29. The normalized spacial score (nSPS) is 15.1. The molecule has 0 bridgehead atoms. The van der Waals surface area contributed by atoms with Crippen molar-refractivity contribution in [2.75, 3.05) is 12.4 Å². The summed E-state index contributed by atoms with van der Waals surface area (Å²) < 4.78 is 0. The predicted molar refractivity (Wildman–Crippen MR) is 115 cm³/mol. The lowest BCUT2D eigenvalue weighted by atomic mass is 9.88. The Balaban J connectivity index is 1.49. The van der Waals surface area contributed by atoms with E-state index in [1.165, 1.54) is 12.0 Å². The standard InChI is InChI=1S/C23H30N4O/c1-24-23(25-16-18-9-4-2-5-10-18)26-17-19-11-8-14-21(15-19)27-22(28)20-12-6-3-7-13-20/h2,4-5,8-11,14-15,20H,3,6-7,12-13,16-17H2,1H3,(H,27,28)(H2,24,25,26). The van der Waals surface area contributed by atoms with E-state index in [4.69, 9.17) is 0 Å². The van der Waals surface area contributed by atoms with Gasteiger partial charge in [-0.1, -0.05) is 61.7 Å². The molecule has 0 aromatic heterocycles. The highest BCUT2D eigenvalue weighted by atomic mass is 16.1. The van der Waals surface area contributed by atoms with Crippen molar-refractivity contribution in [1.29, 1.82) is 0 Å². The first-order chi connectivity index (χ1) is 13.7. The van der Waals surface area contributed by atoms with Crippen LogP contribution < -0.4 is 16.0 Å². The van der Waals surface area contributed by atoms with Gasteiger partial charge in [-0.3, -0.25) is 9.79 Å². The predicted octanol–water partition coefficient (Wildman–Crippen LogP) is 4.07. The maximum Gasteiger partial charge on any atom is 0.227 e. The first kappa shape index (κ1) is 19.9. The molecule has 5 nitrogen and oxygen atoms in total. The number of nitrogens with zero attached hydrogens (tertiary/aromatic N) is 1. The van der Waals surface area contributed by atoms with Gasteiger partial charge in [-0.2, -0.15) is 0 Å². The maximum absolute atomic E-state index is 12.5. The summed E-state index contributed by atoms with van der Waals surface area (Å²) in [6.45, 7) is 1.36. The lowest BCUT2D eigenvalue weighted by Crippen LogP contribution is -2.36. The Kier molecular flexibility index (Phi) is 7.47. The Hall–Kier alpha value is -2.82. The molecule has 1 amide bonds. The highest BCUT2D eigenvalue weighted by molar-refractivity contribution is 5.92. The third-order valence-corrected chi connectivity index (χ3v) is 5.16. The molecule has 1 aliphatic carbocycles. The fourth-order valence-electron chi connectivity index (χ4n) is 3.56. The van der Waals surface area contributed by atoms with Crippen LogP contribution in [0.3, 0.4) is 0 Å². The number of carbonyl (C=O) groups is 1. The summed E-state index contributed by atoms with van der Waals surface area (Å²) in [4.78, 5) is 16.7. The molecule has 28 heavy (non-hydrogen) atoms. The lowest BCUT2D eigenvalue weighted by Gasteiger charge is -2.21. The van der Waals surface area contributed by atoms with Crippen LogP contribution >= 0.6 is 0 Å². The second-order valence-corrected chi connectivity index (χ2v) is 7.29. The van der Waals surface area contributed by atoms with E-state index in [0.29, 0.717) is 6.54 Å². The number of benzene rings is 2. The van der Waals surface area contributed by atoms with Crippen LogP contribution in [0.15, 0.2) is 59.6 Å². The van der Waals surface area contributed by atoms with Gasteiger partial charge in [0.15, 0.2) is 5.96 Å². The fraction of sp³-hybridized carbons (Fsp3) is 0.391. The van der Waals surface area contributed by atoms with Crippen LogP contribution in [0.5, 0.6) is 0 Å². The summed E-state index contributed by atoms with van der Waals surface area (Å²) >= 11 is 0. The van der Waals surface area contributed by atoms with Gasteiger partial charge < -0.3 is 16.0 Å². The molecule has 0 saturated heterocycles. The number of carbonyl (C=O) groups excluding carboxylic acids is 1. The van der Waals surface area contributed by atoms with Crippen molar-refractivity contribution in [1.82, 2.24) is 10.6 Å². The maximum atomic E-state index is 12.5. The zero-order valence-corrected chi connectivity index (χ0v) is 16.6. The molecule has 0 atom stereocenters. The summed E-state index contributed by atoms with van der Waals surface area (Å²) in [5.41, 5.74) is 3.17. The molecule has 1 saturated carbocycles. The highest BCUT2D eigenvalue weighted by Crippen LogP contribution is 2.25. The molecular weight excluding hydrogens is 348 g/mol. The van der Waals surface area contributed by atoms with Crippen LogP contribution in [0.2, 0.25) is 0 Å². The van der Waals surface area contributed by atoms with E-state index in [2.05, 4.69) is 33.1 Å². The summed E-state index contributed by atoms with van der Waals surface area (Å²) in [6.07, 6.45) is 5.60. The number of hydrogen-bond donors (Lipinski definition) is 3. The summed E-state index contributed by atoms with van der Waals surface area (Å²) in [5.74, 6) is 1.07. The summed E-state index contributed by atoms with van der Waals surface area (Å²) in [6, 6.07) is 18.2. The van der Waals surface area contributed by atoms with E-state index < -0.39 is 0 Å². The molecule has 3 rings (SSSR count). The molecule has 0 heterocycles. The van der Waals surface area contributed by atoms with Crippen molar-refractivity contribution in [3.63, 3.8) is 0 Å². The molecule has 2 aromatic rings. The molecule has 148 valence electrons. The van der Waals surface area contributed by atoms with Gasteiger partial charge in [-0.05, 0) is 36.1 Å². The number of hydrogen-bond acceptors (Lipinski definition) is 2. The van der Waals surface area contributed by atoms with Crippen molar-refractivity contribution in [3.8, 4) is 0 Å². The lowest BCUT2D eigenvalue weighted by molar-refractivity contribution is -0.120. The molecule has 0 unspecified atom stereocenters. The van der Waals surface area contributed by atoms with E-state index in [9.17, 15) is 4.79 Å². The SMILES string of the molecule is CN=C(NCc1ccccc1)NCc1cccc(NC(=O)C2CCCCC2)c1. The van der Waals surface area contributed by atoms with Crippen molar-refractivity contribution >= 4 is 17.6 Å². The van der Waals surface area contributed by atoms with E-state index in [1.807, 2.05) is 42.5 Å². The highest BCUT2D eigenvalue weighted by Gasteiger charge is 2.20. The van der Waals surface area contributed by atoms with Crippen molar-refractivity contribution in [2.45, 2.75) is 45.2 Å². The number of nitrogens with one attached hydrogen (secondary N) is 3. The first-order valence-corrected chi connectivity index (χ1v) is 10.1. The van der Waals surface area contributed by atoms with E-state index in [0.717, 1.165) is 49.4 Å². The van der Waals surface area contributed by atoms with Gasteiger partial charge in [0.05, 0.1) is 0 Å². The van der Waals surface area contributed by atoms with E-state index in [-0.39, 0.29) is 11.8 Å². The van der Waals surface area contributed by atoms with E-state index >= 15 is 0 Å². The third kappa shape index (κ3) is 6.12. The third-order valence-electron chi connectivity index (χ3n) is 5.16. The van der Waals surface area contributed by atoms with Crippen LogP contribution in [0.1, 0.15) is 43.2 Å². The summed E-state index contributed by atoms with van der Waals surface area (Å²) in [7, 11) is 1.77. The van der Waals surface area contributed by atoms with Gasteiger partial charge in [0.25, 0.3) is 0 Å². The Morgan fingerprint density at radius 2 is 1.61 bits per heavy atom. The van der Waals surface area contributed by atoms with Crippen molar-refractivity contribution in [2.24, 2.45) is 10.9 Å². The van der Waals surface area contributed by atoms with Gasteiger partial charge in [0.2, 0.25) is 5.91 Å². The molecule has 0 spiro atoms. The number of anilines is 1. The largest absolute Gasteiger partial charge is 0.352 e. The van der Waals surface area contributed by atoms with Gasteiger partial charge in [0.1, 0.15) is 0 Å². The quantitative estimate of drug-likeness (QED) is 0.524. The minimum atomic E-state index is 0.158. The molecule has 0 aliphatic heterocycles. The number of amides is 1. The van der Waals surface area contributed by atoms with Crippen molar-refractivity contribution < 1.29 is 4.79 Å². The molecule has 1 aliphatic rings. The van der Waals surface area contributed by atoms with Crippen LogP contribution in [0.25, 0.3) is 0 Å². The second kappa shape index (κ2) is 10.5. The van der Waals surface area contributed by atoms with Crippen LogP contribution in [0.4, 0.5) is 5.69 Å². The molecule has 1 fully saturated rings. The molecule has 5 heteroatoms. The molecular formula is C23H30N4O. The van der Waals surface area contributed by atoms with Gasteiger partial charge in [-0.25, -0.2) is 0 Å². The van der Waals surface area contributed by atoms with Crippen LogP contribution in [-0.2, 0) is 17.9 Å². The smallest absolute Gasteiger partial charge is 0.227 e.